The minimum Gasteiger partial charge on any atom is -0.507 e. The van der Waals surface area contributed by atoms with E-state index in [1.165, 1.54) is 0 Å². The van der Waals surface area contributed by atoms with Crippen molar-refractivity contribution in [2.75, 3.05) is 5.73 Å². The van der Waals surface area contributed by atoms with Crippen LogP contribution in [-0.2, 0) is 0 Å². The Morgan fingerprint density at radius 2 is 1.94 bits per heavy atom. The van der Waals surface area contributed by atoms with Gasteiger partial charge in [0, 0.05) is 11.8 Å². The van der Waals surface area contributed by atoms with Crippen LogP contribution in [0.4, 0.5) is 11.4 Å². The molecule has 17 heavy (non-hydrogen) atoms. The summed E-state index contributed by atoms with van der Waals surface area (Å²) in [6, 6.07) is 12.7. The smallest absolute Gasteiger partial charge is 0.124 e. The number of anilines is 1. The van der Waals surface area contributed by atoms with E-state index in [0.29, 0.717) is 16.9 Å². The van der Waals surface area contributed by atoms with Gasteiger partial charge in [-0.25, -0.2) is 0 Å². The lowest BCUT2D eigenvalue weighted by Crippen LogP contribution is -1.86. The number of rotatable bonds is 2. The molecule has 0 heterocycles. The van der Waals surface area contributed by atoms with E-state index in [4.69, 9.17) is 5.73 Å². The standard InChI is InChI=1S/C14H14N2O/c1-10-6-7-14(17)11(8-10)9-16-13-5-3-2-4-12(13)15/h2-9,17H,15H2,1H3. The summed E-state index contributed by atoms with van der Waals surface area (Å²) in [5, 5.41) is 9.66. The van der Waals surface area contributed by atoms with Crippen molar-refractivity contribution in [2.24, 2.45) is 4.99 Å². The monoisotopic (exact) mass is 226 g/mol. The van der Waals surface area contributed by atoms with Gasteiger partial charge in [-0.3, -0.25) is 4.99 Å². The lowest BCUT2D eigenvalue weighted by molar-refractivity contribution is 0.474. The van der Waals surface area contributed by atoms with Gasteiger partial charge in [-0.2, -0.15) is 0 Å². The Kier molecular flexibility index (Phi) is 3.10. The maximum atomic E-state index is 9.66. The Balaban J connectivity index is 2.32. The van der Waals surface area contributed by atoms with Gasteiger partial charge in [0.25, 0.3) is 0 Å². The number of aryl methyl sites for hydroxylation is 1. The fourth-order valence-electron chi connectivity index (χ4n) is 1.52. The van der Waals surface area contributed by atoms with Crippen LogP contribution in [0.5, 0.6) is 5.75 Å². The van der Waals surface area contributed by atoms with Crippen LogP contribution in [0.1, 0.15) is 11.1 Å². The molecule has 2 aromatic rings. The number of aromatic hydroxyl groups is 1. The normalized spacial score (nSPS) is 10.9. The fraction of sp³-hybridized carbons (Fsp3) is 0.0714. The molecule has 0 amide bonds. The number of hydrogen-bond acceptors (Lipinski definition) is 3. The lowest BCUT2D eigenvalue weighted by atomic mass is 10.1. The number of phenols is 1. The Morgan fingerprint density at radius 3 is 2.71 bits per heavy atom. The molecule has 86 valence electrons. The highest BCUT2D eigenvalue weighted by atomic mass is 16.3. The summed E-state index contributed by atoms with van der Waals surface area (Å²) in [4.78, 5) is 4.27. The first-order chi connectivity index (χ1) is 8.16. The number of nitrogens with two attached hydrogens (primary N) is 1. The lowest BCUT2D eigenvalue weighted by Gasteiger charge is -2.01. The second kappa shape index (κ2) is 4.70. The topological polar surface area (TPSA) is 58.6 Å². The van der Waals surface area contributed by atoms with Crippen molar-refractivity contribution in [2.45, 2.75) is 6.92 Å². The van der Waals surface area contributed by atoms with Gasteiger partial charge < -0.3 is 10.8 Å². The second-order valence-corrected chi connectivity index (χ2v) is 3.88. The Bertz CT molecular complexity index is 562. The summed E-state index contributed by atoms with van der Waals surface area (Å²) < 4.78 is 0. The zero-order chi connectivity index (χ0) is 12.3. The third-order valence-electron chi connectivity index (χ3n) is 2.46. The van der Waals surface area contributed by atoms with E-state index in [1.54, 1.807) is 18.3 Å². The Morgan fingerprint density at radius 1 is 1.18 bits per heavy atom. The second-order valence-electron chi connectivity index (χ2n) is 3.88. The molecule has 0 aliphatic carbocycles. The molecule has 0 saturated heterocycles. The molecule has 0 spiro atoms. The third-order valence-corrected chi connectivity index (χ3v) is 2.46. The summed E-state index contributed by atoms with van der Waals surface area (Å²) >= 11 is 0. The van der Waals surface area contributed by atoms with E-state index in [9.17, 15) is 5.11 Å². The summed E-state index contributed by atoms with van der Waals surface area (Å²) in [6.45, 7) is 1.97. The van der Waals surface area contributed by atoms with Crippen LogP contribution in [0.3, 0.4) is 0 Å². The van der Waals surface area contributed by atoms with Crippen LogP contribution in [0.25, 0.3) is 0 Å². The van der Waals surface area contributed by atoms with Crippen molar-refractivity contribution < 1.29 is 5.11 Å². The maximum absolute atomic E-state index is 9.66. The molecule has 2 rings (SSSR count). The van der Waals surface area contributed by atoms with Crippen molar-refractivity contribution in [3.05, 3.63) is 53.6 Å². The quantitative estimate of drug-likeness (QED) is 0.610. The molecule has 0 aromatic heterocycles. The predicted octanol–water partition coefficient (Wildman–Crippen LogP) is 3.03. The largest absolute Gasteiger partial charge is 0.507 e. The number of phenolic OH excluding ortho intramolecular Hbond substituents is 1. The summed E-state index contributed by atoms with van der Waals surface area (Å²) in [7, 11) is 0. The molecule has 0 unspecified atom stereocenters. The maximum Gasteiger partial charge on any atom is 0.124 e. The number of hydrogen-bond donors (Lipinski definition) is 2. The third kappa shape index (κ3) is 2.64. The highest BCUT2D eigenvalue weighted by molar-refractivity contribution is 5.86. The van der Waals surface area contributed by atoms with E-state index >= 15 is 0 Å². The molecular formula is C14H14N2O. The SMILES string of the molecule is Cc1ccc(O)c(C=Nc2ccccc2N)c1. The van der Waals surface area contributed by atoms with Crippen LogP contribution >= 0.6 is 0 Å². The van der Waals surface area contributed by atoms with Gasteiger partial charge in [0.05, 0.1) is 11.4 Å². The molecule has 0 bridgehead atoms. The van der Waals surface area contributed by atoms with Crippen LogP contribution in [0.15, 0.2) is 47.5 Å². The van der Waals surface area contributed by atoms with Crippen molar-refractivity contribution in [3.63, 3.8) is 0 Å². The van der Waals surface area contributed by atoms with Crippen molar-refractivity contribution in [1.29, 1.82) is 0 Å². The zero-order valence-electron chi connectivity index (χ0n) is 9.59. The molecule has 0 radical (unpaired) electrons. The summed E-state index contributed by atoms with van der Waals surface area (Å²) in [6.07, 6.45) is 1.62. The molecular weight excluding hydrogens is 212 g/mol. The molecule has 0 fully saturated rings. The van der Waals surface area contributed by atoms with E-state index in [2.05, 4.69) is 4.99 Å². The molecule has 0 aliphatic heterocycles. The molecule has 2 aromatic carbocycles. The average Bonchev–Trinajstić information content (AvgIpc) is 2.32. The van der Waals surface area contributed by atoms with Gasteiger partial charge in [-0.15, -0.1) is 0 Å². The van der Waals surface area contributed by atoms with E-state index < -0.39 is 0 Å². The summed E-state index contributed by atoms with van der Waals surface area (Å²) in [5.41, 5.74) is 8.86. The van der Waals surface area contributed by atoms with Crippen LogP contribution in [0, 0.1) is 6.92 Å². The number of nitrogens with zero attached hydrogens (tertiary/aromatic N) is 1. The van der Waals surface area contributed by atoms with Crippen LogP contribution in [0.2, 0.25) is 0 Å². The van der Waals surface area contributed by atoms with Gasteiger partial charge in [-0.05, 0) is 31.2 Å². The van der Waals surface area contributed by atoms with Gasteiger partial charge >= 0.3 is 0 Å². The van der Waals surface area contributed by atoms with Gasteiger partial charge in [-0.1, -0.05) is 23.8 Å². The van der Waals surface area contributed by atoms with Crippen LogP contribution in [-0.4, -0.2) is 11.3 Å². The number of aliphatic imine (C=N–C) groups is 1. The molecule has 0 saturated carbocycles. The highest BCUT2D eigenvalue weighted by Crippen LogP contribution is 2.22. The molecule has 0 aliphatic rings. The molecule has 3 heteroatoms. The minimum absolute atomic E-state index is 0.217. The first kappa shape index (κ1) is 11.2. The average molecular weight is 226 g/mol. The van der Waals surface area contributed by atoms with E-state index in [-0.39, 0.29) is 5.75 Å². The van der Waals surface area contributed by atoms with E-state index in [1.807, 2.05) is 37.3 Å². The van der Waals surface area contributed by atoms with Crippen molar-refractivity contribution >= 4 is 17.6 Å². The minimum atomic E-state index is 0.217. The molecule has 0 atom stereocenters. The highest BCUT2D eigenvalue weighted by Gasteiger charge is 1.98. The number of para-hydroxylation sites is 2. The molecule has 3 N–H and O–H groups in total. The summed E-state index contributed by atoms with van der Waals surface area (Å²) in [5.74, 6) is 0.217. The number of nitrogen functional groups attached to an aromatic ring is 1. The van der Waals surface area contributed by atoms with Crippen LogP contribution < -0.4 is 5.73 Å². The van der Waals surface area contributed by atoms with Gasteiger partial charge in [0.15, 0.2) is 0 Å². The molecule has 3 nitrogen and oxygen atoms in total. The fourth-order valence-corrected chi connectivity index (χ4v) is 1.52. The van der Waals surface area contributed by atoms with Gasteiger partial charge in [0.1, 0.15) is 5.75 Å². The Labute approximate surface area is 100 Å². The first-order valence-electron chi connectivity index (χ1n) is 5.35. The zero-order valence-corrected chi connectivity index (χ0v) is 9.59. The van der Waals surface area contributed by atoms with Crippen molar-refractivity contribution in [3.8, 4) is 5.75 Å². The number of benzene rings is 2. The predicted molar refractivity (Wildman–Crippen MR) is 71.0 cm³/mol. The van der Waals surface area contributed by atoms with Gasteiger partial charge in [0.2, 0.25) is 0 Å². The van der Waals surface area contributed by atoms with Crippen molar-refractivity contribution in [1.82, 2.24) is 0 Å². The first-order valence-corrected chi connectivity index (χ1v) is 5.35. The Hall–Kier alpha value is -2.29. The van der Waals surface area contributed by atoms with E-state index in [0.717, 1.165) is 5.56 Å².